The van der Waals surface area contributed by atoms with Gasteiger partial charge >= 0.3 is 12.0 Å². The third-order valence-corrected chi connectivity index (χ3v) is 3.62. The number of morpholine rings is 1. The van der Waals surface area contributed by atoms with Gasteiger partial charge < -0.3 is 24.8 Å². The Hall–Kier alpha value is -1.34. The first-order chi connectivity index (χ1) is 9.65. The SMILES string of the molecule is O=C(O)CC1CN(C(=O)NCC2CCCOC2)CCO1. The van der Waals surface area contributed by atoms with Crippen molar-refractivity contribution in [2.75, 3.05) is 39.5 Å². The van der Waals surface area contributed by atoms with Gasteiger partial charge in [-0.3, -0.25) is 4.79 Å². The normalized spacial score (nSPS) is 27.1. The fourth-order valence-electron chi connectivity index (χ4n) is 2.53. The van der Waals surface area contributed by atoms with E-state index in [1.165, 1.54) is 0 Å². The second-order valence-corrected chi connectivity index (χ2v) is 5.31. The van der Waals surface area contributed by atoms with Crippen LogP contribution in [0, 0.1) is 5.92 Å². The summed E-state index contributed by atoms with van der Waals surface area (Å²) in [6.45, 7) is 3.34. The molecule has 114 valence electrons. The molecule has 2 heterocycles. The molecular formula is C13H22N2O5. The van der Waals surface area contributed by atoms with Crippen LogP contribution in [-0.4, -0.2) is 67.6 Å². The minimum Gasteiger partial charge on any atom is -0.481 e. The molecule has 0 aromatic heterocycles. The van der Waals surface area contributed by atoms with Crippen molar-refractivity contribution >= 4 is 12.0 Å². The number of hydrogen-bond acceptors (Lipinski definition) is 4. The van der Waals surface area contributed by atoms with Crippen LogP contribution in [0.2, 0.25) is 0 Å². The van der Waals surface area contributed by atoms with Crippen LogP contribution in [0.1, 0.15) is 19.3 Å². The molecule has 2 N–H and O–H groups in total. The molecule has 0 saturated carbocycles. The number of nitrogens with zero attached hydrogens (tertiary/aromatic N) is 1. The summed E-state index contributed by atoms with van der Waals surface area (Å²) in [7, 11) is 0. The molecule has 0 radical (unpaired) electrons. The number of rotatable bonds is 4. The van der Waals surface area contributed by atoms with Crippen LogP contribution in [0.5, 0.6) is 0 Å². The highest BCUT2D eigenvalue weighted by Gasteiger charge is 2.26. The highest BCUT2D eigenvalue weighted by atomic mass is 16.5. The number of carboxylic acids is 1. The van der Waals surface area contributed by atoms with Crippen molar-refractivity contribution in [1.82, 2.24) is 10.2 Å². The molecule has 2 aliphatic rings. The summed E-state index contributed by atoms with van der Waals surface area (Å²) in [5, 5.41) is 11.7. The number of hydrogen-bond donors (Lipinski definition) is 2. The Bertz CT molecular complexity index is 344. The first-order valence-corrected chi connectivity index (χ1v) is 7.09. The Morgan fingerprint density at radius 1 is 1.35 bits per heavy atom. The van der Waals surface area contributed by atoms with Gasteiger partial charge in [0, 0.05) is 26.2 Å². The smallest absolute Gasteiger partial charge is 0.317 e. The van der Waals surface area contributed by atoms with Crippen molar-refractivity contribution < 1.29 is 24.2 Å². The number of amides is 2. The Labute approximate surface area is 118 Å². The van der Waals surface area contributed by atoms with Gasteiger partial charge in [-0.1, -0.05) is 0 Å². The average molecular weight is 286 g/mol. The highest BCUT2D eigenvalue weighted by Crippen LogP contribution is 2.13. The molecule has 2 amide bonds. The van der Waals surface area contributed by atoms with Gasteiger partial charge in [-0.2, -0.15) is 0 Å². The summed E-state index contributed by atoms with van der Waals surface area (Å²) in [4.78, 5) is 24.3. The molecule has 0 aliphatic carbocycles. The zero-order valence-corrected chi connectivity index (χ0v) is 11.5. The molecule has 0 aromatic rings. The van der Waals surface area contributed by atoms with Crippen LogP contribution in [0.3, 0.4) is 0 Å². The first kappa shape index (κ1) is 15.1. The molecule has 2 rings (SSSR count). The number of nitrogens with one attached hydrogen (secondary N) is 1. The largest absolute Gasteiger partial charge is 0.481 e. The van der Waals surface area contributed by atoms with Gasteiger partial charge in [-0.15, -0.1) is 0 Å². The Balaban J connectivity index is 1.72. The maximum atomic E-state index is 12.0. The number of carboxylic acid groups (broad SMARTS) is 1. The van der Waals surface area contributed by atoms with Gasteiger partial charge in [0.05, 0.1) is 25.7 Å². The molecule has 2 aliphatic heterocycles. The molecule has 20 heavy (non-hydrogen) atoms. The predicted octanol–water partition coefficient (Wildman–Crippen LogP) is 0.298. The minimum atomic E-state index is -0.906. The zero-order chi connectivity index (χ0) is 14.4. The van der Waals surface area contributed by atoms with E-state index in [0.717, 1.165) is 19.4 Å². The van der Waals surface area contributed by atoms with Crippen LogP contribution >= 0.6 is 0 Å². The molecule has 7 nitrogen and oxygen atoms in total. The molecule has 7 heteroatoms. The van der Waals surface area contributed by atoms with Crippen molar-refractivity contribution in [2.45, 2.75) is 25.4 Å². The van der Waals surface area contributed by atoms with Gasteiger partial charge in [0.25, 0.3) is 0 Å². The number of carbonyl (C=O) groups is 2. The van der Waals surface area contributed by atoms with Crippen molar-refractivity contribution in [2.24, 2.45) is 5.92 Å². The quantitative estimate of drug-likeness (QED) is 0.776. The second-order valence-electron chi connectivity index (χ2n) is 5.31. The van der Waals surface area contributed by atoms with E-state index in [1.807, 2.05) is 0 Å². The summed E-state index contributed by atoms with van der Waals surface area (Å²) in [6, 6.07) is -0.144. The molecule has 0 spiro atoms. The first-order valence-electron chi connectivity index (χ1n) is 7.09. The fraction of sp³-hybridized carbons (Fsp3) is 0.846. The lowest BCUT2D eigenvalue weighted by Crippen LogP contribution is -2.51. The van der Waals surface area contributed by atoms with Crippen molar-refractivity contribution in [3.8, 4) is 0 Å². The lowest BCUT2D eigenvalue weighted by molar-refractivity contribution is -0.141. The monoisotopic (exact) mass is 286 g/mol. The Kier molecular flexibility index (Phi) is 5.60. The molecule has 2 fully saturated rings. The lowest BCUT2D eigenvalue weighted by Gasteiger charge is -2.33. The van der Waals surface area contributed by atoms with Gasteiger partial charge in [-0.25, -0.2) is 4.79 Å². The molecule has 2 atom stereocenters. The average Bonchev–Trinajstić information content (AvgIpc) is 2.45. The maximum Gasteiger partial charge on any atom is 0.317 e. The van der Waals surface area contributed by atoms with E-state index in [2.05, 4.69) is 5.32 Å². The molecular weight excluding hydrogens is 264 g/mol. The van der Waals surface area contributed by atoms with Gasteiger partial charge in [0.2, 0.25) is 0 Å². The van der Waals surface area contributed by atoms with Crippen molar-refractivity contribution in [1.29, 1.82) is 0 Å². The number of urea groups is 1. The van der Waals surface area contributed by atoms with E-state index in [1.54, 1.807) is 4.90 Å². The van der Waals surface area contributed by atoms with E-state index in [9.17, 15) is 9.59 Å². The summed E-state index contributed by atoms with van der Waals surface area (Å²) in [5.41, 5.74) is 0. The lowest BCUT2D eigenvalue weighted by atomic mass is 10.0. The predicted molar refractivity (Wildman–Crippen MR) is 70.5 cm³/mol. The standard InChI is InChI=1S/C13H22N2O5/c16-12(17)6-11-8-15(3-5-20-11)13(18)14-7-10-2-1-4-19-9-10/h10-11H,1-9H2,(H,14,18)(H,16,17). The van der Waals surface area contributed by atoms with Crippen LogP contribution in [0.4, 0.5) is 4.79 Å². The molecule has 0 aromatic carbocycles. The third kappa shape index (κ3) is 4.64. The van der Waals surface area contributed by atoms with Crippen LogP contribution < -0.4 is 5.32 Å². The highest BCUT2D eigenvalue weighted by molar-refractivity contribution is 5.74. The minimum absolute atomic E-state index is 0.0692. The summed E-state index contributed by atoms with van der Waals surface area (Å²) < 4.78 is 10.7. The topological polar surface area (TPSA) is 88.1 Å². The third-order valence-electron chi connectivity index (χ3n) is 3.62. The summed E-state index contributed by atoms with van der Waals surface area (Å²) in [5.74, 6) is -0.528. The van der Waals surface area contributed by atoms with E-state index in [4.69, 9.17) is 14.6 Å². The van der Waals surface area contributed by atoms with Gasteiger partial charge in [-0.05, 0) is 18.8 Å². The van der Waals surface area contributed by atoms with E-state index < -0.39 is 12.1 Å². The molecule has 2 saturated heterocycles. The summed E-state index contributed by atoms with van der Waals surface area (Å²) in [6.07, 6.45) is 1.63. The number of carbonyl (C=O) groups excluding carboxylic acids is 1. The van der Waals surface area contributed by atoms with Crippen LogP contribution in [0.25, 0.3) is 0 Å². The zero-order valence-electron chi connectivity index (χ0n) is 11.5. The van der Waals surface area contributed by atoms with Crippen molar-refractivity contribution in [3.05, 3.63) is 0 Å². The van der Waals surface area contributed by atoms with Gasteiger partial charge in [0.1, 0.15) is 0 Å². The van der Waals surface area contributed by atoms with E-state index in [0.29, 0.717) is 38.8 Å². The number of ether oxygens (including phenoxy) is 2. The van der Waals surface area contributed by atoms with Crippen LogP contribution in [-0.2, 0) is 14.3 Å². The summed E-state index contributed by atoms with van der Waals surface area (Å²) >= 11 is 0. The maximum absolute atomic E-state index is 12.0. The second kappa shape index (κ2) is 7.44. The Morgan fingerprint density at radius 3 is 2.90 bits per heavy atom. The number of aliphatic carboxylic acids is 1. The van der Waals surface area contributed by atoms with Crippen molar-refractivity contribution in [3.63, 3.8) is 0 Å². The van der Waals surface area contributed by atoms with Gasteiger partial charge in [0.15, 0.2) is 0 Å². The van der Waals surface area contributed by atoms with E-state index in [-0.39, 0.29) is 12.5 Å². The molecule has 0 bridgehead atoms. The fourth-order valence-corrected chi connectivity index (χ4v) is 2.53. The van der Waals surface area contributed by atoms with E-state index >= 15 is 0 Å². The Morgan fingerprint density at radius 2 is 2.20 bits per heavy atom. The molecule has 2 unspecified atom stereocenters. The van der Waals surface area contributed by atoms with Crippen LogP contribution in [0.15, 0.2) is 0 Å².